The molecule has 0 spiro atoms. The van der Waals surface area contributed by atoms with Crippen LogP contribution in [0.4, 0.5) is 5.82 Å². The number of aliphatic carboxylic acids is 1. The number of fused-ring (bicyclic) bond motifs is 1. The van der Waals surface area contributed by atoms with Gasteiger partial charge in [0.25, 0.3) is 0 Å². The van der Waals surface area contributed by atoms with Crippen molar-refractivity contribution in [3.8, 4) is 0 Å². The standard InChI is InChI=1S/C14H17N3O3S/c1-16(10-4-7-20-8-5-10)13-11(2-3-12(18)19)17-6-9-21-14(17)15-13/h2-3,6,9-10H,4-5,7-8H2,1H3,(H,18,19)/b3-2+. The Balaban J connectivity index is 1.98. The number of imidazole rings is 1. The summed E-state index contributed by atoms with van der Waals surface area (Å²) in [5, 5.41) is 10.8. The van der Waals surface area contributed by atoms with Gasteiger partial charge in [-0.3, -0.25) is 4.40 Å². The molecule has 7 heteroatoms. The molecule has 0 saturated carbocycles. The lowest BCUT2D eigenvalue weighted by atomic mass is 10.1. The van der Waals surface area contributed by atoms with Gasteiger partial charge in [-0.1, -0.05) is 0 Å². The third-order valence-corrected chi connectivity index (χ3v) is 4.49. The molecule has 21 heavy (non-hydrogen) atoms. The average Bonchev–Trinajstić information content (AvgIpc) is 3.06. The van der Waals surface area contributed by atoms with E-state index >= 15 is 0 Å². The molecule has 3 heterocycles. The Morgan fingerprint density at radius 3 is 3.05 bits per heavy atom. The number of ether oxygens (including phenoxy) is 1. The lowest BCUT2D eigenvalue weighted by molar-refractivity contribution is -0.131. The fourth-order valence-corrected chi connectivity index (χ4v) is 3.32. The van der Waals surface area contributed by atoms with Gasteiger partial charge in [-0.05, 0) is 18.9 Å². The van der Waals surface area contributed by atoms with Gasteiger partial charge in [0.1, 0.15) is 0 Å². The first-order chi connectivity index (χ1) is 10.2. The predicted molar refractivity (Wildman–Crippen MR) is 82.0 cm³/mol. The Morgan fingerprint density at radius 2 is 2.33 bits per heavy atom. The molecule has 0 amide bonds. The van der Waals surface area contributed by atoms with Crippen LogP contribution < -0.4 is 4.90 Å². The molecular weight excluding hydrogens is 290 g/mol. The minimum Gasteiger partial charge on any atom is -0.478 e. The summed E-state index contributed by atoms with van der Waals surface area (Å²) in [5.41, 5.74) is 0.808. The normalized spacial score (nSPS) is 16.8. The molecule has 1 aliphatic rings. The molecule has 0 unspecified atom stereocenters. The number of nitrogens with zero attached hydrogens (tertiary/aromatic N) is 3. The molecule has 1 saturated heterocycles. The van der Waals surface area contributed by atoms with Crippen molar-refractivity contribution in [2.45, 2.75) is 18.9 Å². The van der Waals surface area contributed by atoms with Gasteiger partial charge < -0.3 is 14.7 Å². The van der Waals surface area contributed by atoms with Crippen LogP contribution in [0.5, 0.6) is 0 Å². The van der Waals surface area contributed by atoms with Gasteiger partial charge in [-0.25, -0.2) is 9.78 Å². The third kappa shape index (κ3) is 2.79. The molecule has 112 valence electrons. The fraction of sp³-hybridized carbons (Fsp3) is 0.429. The number of carboxylic acid groups (broad SMARTS) is 1. The Morgan fingerprint density at radius 1 is 1.57 bits per heavy atom. The smallest absolute Gasteiger partial charge is 0.328 e. The lowest BCUT2D eigenvalue weighted by Gasteiger charge is -2.31. The number of rotatable bonds is 4. The van der Waals surface area contributed by atoms with Gasteiger partial charge in [-0.15, -0.1) is 11.3 Å². The number of anilines is 1. The van der Waals surface area contributed by atoms with Gasteiger partial charge >= 0.3 is 5.97 Å². The minimum atomic E-state index is -0.958. The fourth-order valence-electron chi connectivity index (χ4n) is 2.60. The molecule has 0 radical (unpaired) electrons. The summed E-state index contributed by atoms with van der Waals surface area (Å²) in [6, 6.07) is 0.375. The van der Waals surface area contributed by atoms with Gasteiger partial charge in [0.05, 0.1) is 5.69 Å². The molecule has 1 aliphatic heterocycles. The highest BCUT2D eigenvalue weighted by Crippen LogP contribution is 2.28. The van der Waals surface area contributed by atoms with Crippen molar-refractivity contribution in [1.82, 2.24) is 9.38 Å². The maximum absolute atomic E-state index is 10.8. The van der Waals surface area contributed by atoms with Crippen LogP contribution >= 0.6 is 11.3 Å². The first-order valence-electron chi connectivity index (χ1n) is 6.84. The Labute approximate surface area is 126 Å². The Bertz CT molecular complexity index is 670. The topological polar surface area (TPSA) is 67.1 Å². The molecule has 2 aromatic rings. The van der Waals surface area contributed by atoms with Crippen LogP contribution in [-0.4, -0.2) is 46.8 Å². The van der Waals surface area contributed by atoms with E-state index in [1.807, 2.05) is 23.0 Å². The lowest BCUT2D eigenvalue weighted by Crippen LogP contribution is -2.37. The largest absolute Gasteiger partial charge is 0.478 e. The highest BCUT2D eigenvalue weighted by Gasteiger charge is 2.23. The van der Waals surface area contributed by atoms with Crippen molar-refractivity contribution in [1.29, 1.82) is 0 Å². The summed E-state index contributed by atoms with van der Waals surface area (Å²) in [5.74, 6) is -0.133. The molecule has 0 aliphatic carbocycles. The van der Waals surface area contributed by atoms with Gasteiger partial charge in [0, 0.05) is 44.0 Å². The number of thiazole rings is 1. The van der Waals surface area contributed by atoms with Crippen molar-refractivity contribution in [3.05, 3.63) is 23.3 Å². The zero-order valence-electron chi connectivity index (χ0n) is 11.7. The first kappa shape index (κ1) is 14.1. The first-order valence-corrected chi connectivity index (χ1v) is 7.72. The SMILES string of the molecule is CN(c1nc2sccn2c1/C=C/C(=O)O)C1CCOCC1. The molecule has 0 aromatic carbocycles. The molecule has 0 bridgehead atoms. The second-order valence-corrected chi connectivity index (χ2v) is 5.88. The minimum absolute atomic E-state index is 0.375. The zero-order chi connectivity index (χ0) is 14.8. The highest BCUT2D eigenvalue weighted by molar-refractivity contribution is 7.15. The summed E-state index contributed by atoms with van der Waals surface area (Å²) in [4.78, 5) is 18.5. The number of hydrogen-bond acceptors (Lipinski definition) is 5. The van der Waals surface area contributed by atoms with E-state index in [0.717, 1.165) is 48.6 Å². The molecule has 0 atom stereocenters. The molecule has 3 rings (SSSR count). The van der Waals surface area contributed by atoms with Crippen molar-refractivity contribution in [2.75, 3.05) is 25.2 Å². The van der Waals surface area contributed by atoms with E-state index < -0.39 is 5.97 Å². The van der Waals surface area contributed by atoms with Crippen LogP contribution in [0.3, 0.4) is 0 Å². The molecule has 1 fully saturated rings. The van der Waals surface area contributed by atoms with Crippen LogP contribution in [0, 0.1) is 0 Å². The number of aromatic nitrogens is 2. The van der Waals surface area contributed by atoms with E-state index in [-0.39, 0.29) is 0 Å². The van der Waals surface area contributed by atoms with Crippen LogP contribution in [0.25, 0.3) is 11.0 Å². The predicted octanol–water partition coefficient (Wildman–Crippen LogP) is 2.11. The van der Waals surface area contributed by atoms with Gasteiger partial charge in [0.15, 0.2) is 10.8 Å². The van der Waals surface area contributed by atoms with Gasteiger partial charge in [0.2, 0.25) is 0 Å². The third-order valence-electron chi connectivity index (χ3n) is 3.74. The average molecular weight is 307 g/mol. The second kappa shape index (κ2) is 5.87. The molecule has 1 N–H and O–H groups in total. The maximum atomic E-state index is 10.8. The molecular formula is C14H17N3O3S. The van der Waals surface area contributed by atoms with Crippen molar-refractivity contribution in [2.24, 2.45) is 0 Å². The second-order valence-electron chi connectivity index (χ2n) is 5.00. The summed E-state index contributed by atoms with van der Waals surface area (Å²) in [6.45, 7) is 1.52. The summed E-state index contributed by atoms with van der Waals surface area (Å²) in [6.07, 6.45) is 6.60. The van der Waals surface area contributed by atoms with E-state index in [1.54, 1.807) is 6.08 Å². The van der Waals surface area contributed by atoms with E-state index in [4.69, 9.17) is 9.84 Å². The summed E-state index contributed by atoms with van der Waals surface area (Å²) >= 11 is 1.54. The number of carboxylic acids is 1. The zero-order valence-corrected chi connectivity index (χ0v) is 12.5. The van der Waals surface area contributed by atoms with Crippen LogP contribution in [0.15, 0.2) is 17.7 Å². The van der Waals surface area contributed by atoms with Crippen LogP contribution in [0.1, 0.15) is 18.5 Å². The van der Waals surface area contributed by atoms with E-state index in [0.29, 0.717) is 6.04 Å². The van der Waals surface area contributed by atoms with Crippen LogP contribution in [-0.2, 0) is 9.53 Å². The Kier molecular flexibility index (Phi) is 3.94. The number of carbonyl (C=O) groups is 1. The summed E-state index contributed by atoms with van der Waals surface area (Å²) < 4.78 is 7.32. The maximum Gasteiger partial charge on any atom is 0.328 e. The monoisotopic (exact) mass is 307 g/mol. The number of hydrogen-bond donors (Lipinski definition) is 1. The summed E-state index contributed by atoms with van der Waals surface area (Å²) in [7, 11) is 2.01. The van der Waals surface area contributed by atoms with Crippen molar-refractivity contribution in [3.63, 3.8) is 0 Å². The van der Waals surface area contributed by atoms with Crippen molar-refractivity contribution >= 4 is 34.2 Å². The Hall–Kier alpha value is -1.86. The quantitative estimate of drug-likeness (QED) is 0.876. The molecule has 2 aromatic heterocycles. The van der Waals surface area contributed by atoms with Crippen molar-refractivity contribution < 1.29 is 14.6 Å². The van der Waals surface area contributed by atoms with E-state index in [9.17, 15) is 4.79 Å². The van der Waals surface area contributed by atoms with Crippen LogP contribution in [0.2, 0.25) is 0 Å². The van der Waals surface area contributed by atoms with Gasteiger partial charge in [-0.2, -0.15) is 0 Å². The highest BCUT2D eigenvalue weighted by atomic mass is 32.1. The molecule has 6 nitrogen and oxygen atoms in total. The van der Waals surface area contributed by atoms with E-state index in [1.165, 1.54) is 11.3 Å². The van der Waals surface area contributed by atoms with E-state index in [2.05, 4.69) is 9.88 Å².